The lowest BCUT2D eigenvalue weighted by atomic mass is 10.0. The van der Waals surface area contributed by atoms with Crippen LogP contribution in [0.25, 0.3) is 11.3 Å². The minimum atomic E-state index is -4.19. The normalized spacial score (nSPS) is 16.0. The average Bonchev–Trinajstić information content (AvgIpc) is 2.68. The zero-order chi connectivity index (χ0) is 20.1. The molecule has 0 radical (unpaired) electrons. The Kier molecular flexibility index (Phi) is 6.18. The van der Waals surface area contributed by atoms with E-state index in [1.807, 2.05) is 24.3 Å². The zero-order valence-corrected chi connectivity index (χ0v) is 15.5. The molecule has 1 fully saturated rings. The molecule has 0 atom stereocenters. The van der Waals surface area contributed by atoms with Crippen LogP contribution >= 0.6 is 0 Å². The van der Waals surface area contributed by atoms with Gasteiger partial charge in [0.25, 0.3) is 5.91 Å². The van der Waals surface area contributed by atoms with Gasteiger partial charge < -0.3 is 10.1 Å². The molecule has 1 aromatic heterocycles. The summed E-state index contributed by atoms with van der Waals surface area (Å²) in [6.07, 6.45) is -1.69. The van der Waals surface area contributed by atoms with Gasteiger partial charge in [0.05, 0.1) is 24.9 Å². The van der Waals surface area contributed by atoms with Crippen LogP contribution in [0.15, 0.2) is 42.6 Å². The fourth-order valence-corrected chi connectivity index (χ4v) is 3.24. The largest absolute Gasteiger partial charge is 0.497 e. The van der Waals surface area contributed by atoms with Gasteiger partial charge in [0.15, 0.2) is 0 Å². The molecule has 2 aromatic rings. The number of ether oxygens (including phenoxy) is 1. The van der Waals surface area contributed by atoms with Crippen molar-refractivity contribution in [1.82, 2.24) is 15.2 Å². The van der Waals surface area contributed by atoms with E-state index in [1.165, 1.54) is 11.1 Å². The van der Waals surface area contributed by atoms with Crippen LogP contribution in [0.4, 0.5) is 13.2 Å². The molecule has 0 saturated carbocycles. The van der Waals surface area contributed by atoms with E-state index in [-0.39, 0.29) is 11.9 Å². The molecule has 1 aliphatic rings. The van der Waals surface area contributed by atoms with Crippen LogP contribution in [0, 0.1) is 0 Å². The van der Waals surface area contributed by atoms with Gasteiger partial charge in [-0.2, -0.15) is 13.2 Å². The van der Waals surface area contributed by atoms with Crippen LogP contribution in [-0.2, 0) is 0 Å². The summed E-state index contributed by atoms with van der Waals surface area (Å²) in [6.45, 7) is -0.266. The maximum Gasteiger partial charge on any atom is 0.401 e. The molecular weight excluding hydrogens is 371 g/mol. The maximum atomic E-state index is 12.4. The van der Waals surface area contributed by atoms with Crippen molar-refractivity contribution in [2.45, 2.75) is 25.1 Å². The van der Waals surface area contributed by atoms with E-state index < -0.39 is 12.7 Å². The van der Waals surface area contributed by atoms with Crippen LogP contribution in [0.3, 0.4) is 0 Å². The summed E-state index contributed by atoms with van der Waals surface area (Å²) in [4.78, 5) is 18.1. The average molecular weight is 393 g/mol. The molecule has 0 spiro atoms. The number of methoxy groups -OCH3 is 1. The molecule has 28 heavy (non-hydrogen) atoms. The third-order valence-corrected chi connectivity index (χ3v) is 4.72. The number of hydrogen-bond donors (Lipinski definition) is 1. The van der Waals surface area contributed by atoms with Gasteiger partial charge >= 0.3 is 6.18 Å². The number of carbonyl (C=O) groups excluding carboxylic acids is 1. The first-order chi connectivity index (χ1) is 13.3. The van der Waals surface area contributed by atoms with Crippen molar-refractivity contribution in [3.05, 3.63) is 48.2 Å². The maximum absolute atomic E-state index is 12.4. The van der Waals surface area contributed by atoms with Crippen LogP contribution < -0.4 is 10.1 Å². The fourth-order valence-electron chi connectivity index (χ4n) is 3.24. The molecule has 1 N–H and O–H groups in total. The third-order valence-electron chi connectivity index (χ3n) is 4.72. The lowest BCUT2D eigenvalue weighted by molar-refractivity contribution is -0.148. The molecule has 150 valence electrons. The zero-order valence-electron chi connectivity index (χ0n) is 15.5. The van der Waals surface area contributed by atoms with E-state index in [2.05, 4.69) is 10.3 Å². The Labute approximate surface area is 161 Å². The number of hydrogen-bond acceptors (Lipinski definition) is 4. The van der Waals surface area contributed by atoms with Crippen LogP contribution in [0.2, 0.25) is 0 Å². The predicted octanol–water partition coefficient (Wildman–Crippen LogP) is 3.51. The Morgan fingerprint density at radius 3 is 2.61 bits per heavy atom. The van der Waals surface area contributed by atoms with Crippen molar-refractivity contribution >= 4 is 5.91 Å². The first-order valence-corrected chi connectivity index (χ1v) is 9.04. The molecule has 1 amide bonds. The SMILES string of the molecule is COc1cccc(-c2ccc(C(=O)NC3CCN(CC(F)(F)F)CC3)cn2)c1. The van der Waals surface area contributed by atoms with E-state index in [1.54, 1.807) is 19.2 Å². The lowest BCUT2D eigenvalue weighted by Gasteiger charge is -2.32. The minimum Gasteiger partial charge on any atom is -0.497 e. The number of rotatable bonds is 5. The van der Waals surface area contributed by atoms with Gasteiger partial charge in [-0.3, -0.25) is 14.7 Å². The number of benzene rings is 1. The van der Waals surface area contributed by atoms with Crippen molar-refractivity contribution in [1.29, 1.82) is 0 Å². The van der Waals surface area contributed by atoms with Gasteiger partial charge in [-0.25, -0.2) is 0 Å². The topological polar surface area (TPSA) is 54.5 Å². The molecule has 3 rings (SSSR count). The van der Waals surface area contributed by atoms with Crippen LogP contribution in [-0.4, -0.2) is 54.8 Å². The Hall–Kier alpha value is -2.61. The number of pyridine rings is 1. The summed E-state index contributed by atoms with van der Waals surface area (Å²) in [6, 6.07) is 10.8. The van der Waals surface area contributed by atoms with Gasteiger partial charge in [0.2, 0.25) is 0 Å². The van der Waals surface area contributed by atoms with E-state index in [4.69, 9.17) is 4.74 Å². The van der Waals surface area contributed by atoms with Crippen molar-refractivity contribution in [2.24, 2.45) is 0 Å². The molecule has 2 heterocycles. The van der Waals surface area contributed by atoms with Gasteiger partial charge in [-0.05, 0) is 37.1 Å². The number of aromatic nitrogens is 1. The van der Waals surface area contributed by atoms with E-state index >= 15 is 0 Å². The highest BCUT2D eigenvalue weighted by molar-refractivity contribution is 5.94. The first kappa shape index (κ1) is 20.1. The molecule has 1 aliphatic heterocycles. The summed E-state index contributed by atoms with van der Waals surface area (Å²) in [5.74, 6) is 0.456. The second-order valence-electron chi connectivity index (χ2n) is 6.80. The number of piperidine rings is 1. The molecule has 5 nitrogen and oxygen atoms in total. The van der Waals surface area contributed by atoms with Crippen molar-refractivity contribution in [3.63, 3.8) is 0 Å². The molecule has 8 heteroatoms. The van der Waals surface area contributed by atoms with Crippen LogP contribution in [0.5, 0.6) is 5.75 Å². The summed E-state index contributed by atoms with van der Waals surface area (Å²) >= 11 is 0. The Morgan fingerprint density at radius 2 is 2.00 bits per heavy atom. The van der Waals surface area contributed by atoms with E-state index in [0.29, 0.717) is 31.5 Å². The number of halogens is 3. The molecular formula is C20H22F3N3O2. The van der Waals surface area contributed by atoms with E-state index in [9.17, 15) is 18.0 Å². The number of amides is 1. The highest BCUT2D eigenvalue weighted by atomic mass is 19.4. The van der Waals surface area contributed by atoms with Crippen molar-refractivity contribution < 1.29 is 22.7 Å². The van der Waals surface area contributed by atoms with Gasteiger partial charge in [0.1, 0.15) is 5.75 Å². The van der Waals surface area contributed by atoms with Crippen molar-refractivity contribution in [3.8, 4) is 17.0 Å². The summed E-state index contributed by atoms with van der Waals surface area (Å²) < 4.78 is 42.5. The predicted molar refractivity (Wildman–Crippen MR) is 99.2 cm³/mol. The summed E-state index contributed by atoms with van der Waals surface area (Å²) in [5, 5.41) is 2.89. The van der Waals surface area contributed by atoms with Gasteiger partial charge in [-0.15, -0.1) is 0 Å². The standard InChI is InChI=1S/C20H22F3N3O2/c1-28-17-4-2-3-14(11-17)18-6-5-15(12-24-18)19(27)25-16-7-9-26(10-8-16)13-20(21,22)23/h2-6,11-12,16H,7-10,13H2,1H3,(H,25,27). The monoisotopic (exact) mass is 393 g/mol. The number of nitrogens with one attached hydrogen (secondary N) is 1. The fraction of sp³-hybridized carbons (Fsp3) is 0.400. The van der Waals surface area contributed by atoms with Crippen LogP contribution in [0.1, 0.15) is 23.2 Å². The highest BCUT2D eigenvalue weighted by Crippen LogP contribution is 2.23. The smallest absolute Gasteiger partial charge is 0.401 e. The number of carbonyl (C=O) groups is 1. The van der Waals surface area contributed by atoms with Gasteiger partial charge in [0, 0.05) is 30.9 Å². The van der Waals surface area contributed by atoms with Gasteiger partial charge in [-0.1, -0.05) is 12.1 Å². The minimum absolute atomic E-state index is 0.130. The Morgan fingerprint density at radius 1 is 1.25 bits per heavy atom. The van der Waals surface area contributed by atoms with Crippen molar-refractivity contribution in [2.75, 3.05) is 26.7 Å². The second kappa shape index (κ2) is 8.60. The quantitative estimate of drug-likeness (QED) is 0.845. The Bertz CT molecular complexity index is 801. The molecule has 1 saturated heterocycles. The number of alkyl halides is 3. The number of likely N-dealkylation sites (tertiary alicyclic amines) is 1. The van der Waals surface area contributed by atoms with E-state index in [0.717, 1.165) is 17.0 Å². The Balaban J connectivity index is 1.55. The number of nitrogens with zero attached hydrogens (tertiary/aromatic N) is 2. The molecule has 0 bridgehead atoms. The molecule has 1 aromatic carbocycles. The molecule has 0 unspecified atom stereocenters. The highest BCUT2D eigenvalue weighted by Gasteiger charge is 2.32. The summed E-state index contributed by atoms with van der Waals surface area (Å²) in [5.41, 5.74) is 2.02. The second-order valence-corrected chi connectivity index (χ2v) is 6.80. The summed E-state index contributed by atoms with van der Waals surface area (Å²) in [7, 11) is 1.59. The third kappa shape index (κ3) is 5.45. The first-order valence-electron chi connectivity index (χ1n) is 9.04. The molecule has 0 aliphatic carbocycles. The lowest BCUT2D eigenvalue weighted by Crippen LogP contribution is -2.47.